The van der Waals surface area contributed by atoms with Crippen molar-refractivity contribution in [3.63, 3.8) is 0 Å². The largest absolute Gasteiger partial charge is 0.394 e. The minimum atomic E-state index is -1.84. The highest BCUT2D eigenvalue weighted by Crippen LogP contribution is 2.71. The third kappa shape index (κ3) is 10.5. The van der Waals surface area contributed by atoms with Crippen LogP contribution in [0, 0.1) is 52.3 Å². The van der Waals surface area contributed by atoms with Crippen LogP contribution in [0.3, 0.4) is 0 Å². The molecule has 9 aliphatic rings. The van der Waals surface area contributed by atoms with Crippen molar-refractivity contribution in [2.45, 2.75) is 240 Å². The van der Waals surface area contributed by atoms with E-state index in [4.69, 9.17) is 47.4 Å². The molecule has 13 N–H and O–H groups in total. The van der Waals surface area contributed by atoms with Crippen molar-refractivity contribution >= 4 is 0 Å². The summed E-state index contributed by atoms with van der Waals surface area (Å²) in [5.74, 6) is 1.34. The minimum Gasteiger partial charge on any atom is -0.394 e. The second-order valence-corrected chi connectivity index (χ2v) is 24.4. The Morgan fingerprint density at radius 3 is 1.77 bits per heavy atom. The number of methoxy groups -OCH3 is 1. The Bertz CT molecular complexity index is 1870. The van der Waals surface area contributed by atoms with Crippen LogP contribution >= 0.6 is 0 Å². The van der Waals surface area contributed by atoms with E-state index in [0.717, 1.165) is 38.5 Å². The number of rotatable bonds is 16. The molecule has 434 valence electrons. The summed E-state index contributed by atoms with van der Waals surface area (Å²) in [6, 6.07) is 0. The molecule has 9 rings (SSSR count). The van der Waals surface area contributed by atoms with Crippen LogP contribution in [-0.4, -0.2) is 241 Å². The fraction of sp³-hybridized carbons (Fsp3) is 1.00. The molecule has 0 bridgehead atoms. The van der Waals surface area contributed by atoms with Gasteiger partial charge in [-0.05, 0) is 111 Å². The smallest absolute Gasteiger partial charge is 0.187 e. The summed E-state index contributed by atoms with van der Waals surface area (Å²) in [6.45, 7) is 8.90. The normalized spacial score (nSPS) is 55.4. The van der Waals surface area contributed by atoms with Gasteiger partial charge in [0.15, 0.2) is 30.9 Å². The highest BCUT2D eigenvalue weighted by molar-refractivity contribution is 5.15. The molecule has 23 nitrogen and oxygen atoms in total. The van der Waals surface area contributed by atoms with E-state index in [1.807, 2.05) is 6.92 Å². The second-order valence-electron chi connectivity index (χ2n) is 24.4. The lowest BCUT2D eigenvalue weighted by atomic mass is 9.44. The van der Waals surface area contributed by atoms with E-state index in [-0.39, 0.29) is 47.4 Å². The molecule has 5 aliphatic heterocycles. The molecule has 0 spiro atoms. The first kappa shape index (κ1) is 58.7. The molecule has 5 heterocycles. The van der Waals surface area contributed by atoms with Gasteiger partial charge in [-0.25, -0.2) is 0 Å². The van der Waals surface area contributed by atoms with Gasteiger partial charge >= 0.3 is 0 Å². The Hall–Kier alpha value is -0.920. The zero-order valence-electron chi connectivity index (χ0n) is 44.0. The number of aliphatic hydroxyl groups excluding tert-OH is 13. The maximum absolute atomic E-state index is 12.1. The highest BCUT2D eigenvalue weighted by atomic mass is 16.8. The van der Waals surface area contributed by atoms with E-state index in [0.29, 0.717) is 49.4 Å². The summed E-state index contributed by atoms with van der Waals surface area (Å²) < 4.78 is 61.4. The Morgan fingerprint density at radius 1 is 0.560 bits per heavy atom. The molecule has 0 aromatic heterocycles. The maximum Gasteiger partial charge on any atom is 0.187 e. The van der Waals surface area contributed by atoms with Gasteiger partial charge in [-0.15, -0.1) is 0 Å². The van der Waals surface area contributed by atoms with Crippen LogP contribution in [-0.2, 0) is 47.4 Å². The fourth-order valence-electron chi connectivity index (χ4n) is 15.9. The van der Waals surface area contributed by atoms with Crippen LogP contribution in [0.5, 0.6) is 0 Å². The average molecular weight is 1080 g/mol. The van der Waals surface area contributed by atoms with Crippen LogP contribution in [0.2, 0.25) is 0 Å². The summed E-state index contributed by atoms with van der Waals surface area (Å²) in [5, 5.41) is 137. The maximum atomic E-state index is 12.1. The molecule has 9 fully saturated rings. The van der Waals surface area contributed by atoms with Crippen molar-refractivity contribution in [1.29, 1.82) is 0 Å². The quantitative estimate of drug-likeness (QED) is 0.0725. The van der Waals surface area contributed by atoms with Gasteiger partial charge < -0.3 is 114 Å². The molecule has 75 heavy (non-hydrogen) atoms. The van der Waals surface area contributed by atoms with Crippen molar-refractivity contribution in [2.75, 3.05) is 33.5 Å². The molecule has 0 unspecified atom stereocenters. The van der Waals surface area contributed by atoms with Crippen molar-refractivity contribution < 1.29 is 114 Å². The zero-order chi connectivity index (χ0) is 54.2. The molecule has 0 amide bonds. The van der Waals surface area contributed by atoms with E-state index in [2.05, 4.69) is 20.8 Å². The third-order valence-electron chi connectivity index (χ3n) is 20.4. The van der Waals surface area contributed by atoms with Crippen molar-refractivity contribution in [1.82, 2.24) is 0 Å². The zero-order valence-corrected chi connectivity index (χ0v) is 44.0. The first-order valence-corrected chi connectivity index (χ1v) is 27.6. The van der Waals surface area contributed by atoms with Crippen LogP contribution in [0.1, 0.15) is 98.8 Å². The van der Waals surface area contributed by atoms with Crippen LogP contribution in [0.15, 0.2) is 0 Å². The Morgan fingerprint density at radius 2 is 1.13 bits per heavy atom. The van der Waals surface area contributed by atoms with Crippen molar-refractivity contribution in [3.8, 4) is 0 Å². The van der Waals surface area contributed by atoms with Crippen molar-refractivity contribution in [2.24, 2.45) is 52.3 Å². The van der Waals surface area contributed by atoms with Gasteiger partial charge in [0.1, 0.15) is 91.6 Å². The number of hydrogen-bond acceptors (Lipinski definition) is 23. The lowest BCUT2D eigenvalue weighted by molar-refractivity contribution is -0.390. The summed E-state index contributed by atoms with van der Waals surface area (Å²) >= 11 is 0. The predicted octanol–water partition coefficient (Wildman–Crippen LogP) is -2.27. The van der Waals surface area contributed by atoms with Gasteiger partial charge in [-0.1, -0.05) is 27.7 Å². The van der Waals surface area contributed by atoms with Gasteiger partial charge in [-0.2, -0.15) is 0 Å². The summed E-state index contributed by atoms with van der Waals surface area (Å²) in [6.07, 6.45) is -21.7. The molecule has 5 saturated heterocycles. The molecule has 0 radical (unpaired) electrons. The molecule has 0 aromatic carbocycles. The fourth-order valence-corrected chi connectivity index (χ4v) is 15.9. The monoisotopic (exact) mass is 1080 g/mol. The topological polar surface area (TPSA) is 355 Å². The molecule has 23 heteroatoms. The average Bonchev–Trinajstić information content (AvgIpc) is 3.86. The lowest BCUT2D eigenvalue weighted by Gasteiger charge is -2.61. The Labute approximate surface area is 438 Å². The highest BCUT2D eigenvalue weighted by Gasteiger charge is 2.69. The third-order valence-corrected chi connectivity index (χ3v) is 20.4. The number of hydrogen-bond donors (Lipinski definition) is 13. The van der Waals surface area contributed by atoms with Gasteiger partial charge in [0, 0.05) is 19.4 Å². The SMILES string of the molecule is CO[C@]1(CC[C@H](C)CO[C@@H]2O[C@H](CO)[C@@H](O)[C@H](O)[C@H]2O)O[C@H]2C[C@H]3[C@@H]4CC[C@@H]5C[C@@H](O[C@@H]6O[C@H](CO)[C@@H](O[C@@H]7O[C@H](CO)[C@@H](O)[C@H](O)[C@H]7O)[C@H](O)[C@H]6O[C@@H]6O[C@@H](C)[C@H](O)[C@@H](O)[C@H]6O)CC[C@]5(C)[C@H]4CC[C@]3(C)[C@H]2[C@@H]1C. The van der Waals surface area contributed by atoms with E-state index in [9.17, 15) is 66.4 Å². The lowest BCUT2D eigenvalue weighted by Crippen LogP contribution is -2.67. The van der Waals surface area contributed by atoms with Gasteiger partial charge in [-0.3, -0.25) is 0 Å². The number of ether oxygens (including phenoxy) is 10. The predicted molar refractivity (Wildman–Crippen MR) is 255 cm³/mol. The summed E-state index contributed by atoms with van der Waals surface area (Å²) in [7, 11) is 1.72. The molecule has 4 saturated carbocycles. The Balaban J connectivity index is 0.840. The standard InChI is InChI=1S/C52H88O23/c1-21(20-67-46-40(62)38(60)35(57)30(17-53)70-46)9-14-52(66-6)22(2)33-29(75-52)16-28-26-8-7-24-15-25(10-12-50(24,4)27(26)11-13-51(28,33)5)69-49-45(74-47-41(63)37(59)34(56)23(3)68-47)43(65)44(32(19-55)72-49)73-48-42(64)39(61)36(58)31(18-54)71-48/h21-49,53-65H,7-20H2,1-6H3/t21-,22-,23-,24+,25-,26+,27-,28-,29-,30+,31+,32+,33-,34-,35+,36+,37+,38-,39-,40+,41+,42+,43-,44+,45+,46+,47-,48-,49+,50-,51-,52+/m0/s1. The van der Waals surface area contributed by atoms with Crippen LogP contribution in [0.25, 0.3) is 0 Å². The number of aliphatic hydroxyl groups is 13. The van der Waals surface area contributed by atoms with Gasteiger partial charge in [0.2, 0.25) is 0 Å². The van der Waals surface area contributed by atoms with Crippen molar-refractivity contribution in [3.05, 3.63) is 0 Å². The summed E-state index contributed by atoms with van der Waals surface area (Å²) in [5.41, 5.74) is 0.0442. The molecule has 0 aromatic rings. The number of fused-ring (bicyclic) bond motifs is 7. The Kier molecular flexibility index (Phi) is 18.1. The van der Waals surface area contributed by atoms with Gasteiger partial charge in [0.25, 0.3) is 0 Å². The van der Waals surface area contributed by atoms with Gasteiger partial charge in [0.05, 0.1) is 44.7 Å². The molecule has 32 atom stereocenters. The molecule has 4 aliphatic carbocycles. The first-order chi connectivity index (χ1) is 35.6. The van der Waals surface area contributed by atoms with Crippen LogP contribution in [0.4, 0.5) is 0 Å². The molecular weight excluding hydrogens is 993 g/mol. The van der Waals surface area contributed by atoms with E-state index in [1.165, 1.54) is 6.92 Å². The van der Waals surface area contributed by atoms with E-state index >= 15 is 0 Å². The van der Waals surface area contributed by atoms with E-state index in [1.54, 1.807) is 7.11 Å². The van der Waals surface area contributed by atoms with Crippen LogP contribution < -0.4 is 0 Å². The first-order valence-electron chi connectivity index (χ1n) is 27.6. The molecular formula is C52H88O23. The summed E-state index contributed by atoms with van der Waals surface area (Å²) in [4.78, 5) is 0. The second kappa shape index (κ2) is 23.1. The van der Waals surface area contributed by atoms with E-state index < -0.39 is 148 Å². The minimum absolute atomic E-state index is 0.00450.